The number of rotatable bonds is 5. The third-order valence-corrected chi connectivity index (χ3v) is 4.51. The molecule has 0 saturated carbocycles. The summed E-state index contributed by atoms with van der Waals surface area (Å²) in [6, 6.07) is 12.8. The van der Waals surface area contributed by atoms with Crippen molar-refractivity contribution in [2.45, 2.75) is 6.42 Å². The molecule has 1 aliphatic carbocycles. The largest absolute Gasteiger partial charge is 0.480 e. The Balaban J connectivity index is 1.97. The fourth-order valence-corrected chi connectivity index (χ4v) is 3.30. The van der Waals surface area contributed by atoms with Crippen LogP contribution in [0, 0.1) is 0 Å². The average molecular weight is 365 g/mol. The van der Waals surface area contributed by atoms with Crippen molar-refractivity contribution in [3.05, 3.63) is 58.4 Å². The molecule has 0 amide bonds. The number of fused-ring (bicyclic) bond motifs is 2. The zero-order chi connectivity index (χ0) is 19.0. The number of aliphatic hydroxyl groups is 1. The van der Waals surface area contributed by atoms with Gasteiger partial charge in [0.1, 0.15) is 12.7 Å². The molecule has 0 saturated heterocycles. The highest BCUT2D eigenvalue weighted by atomic mass is 16.7. The molecule has 0 fully saturated rings. The number of ether oxygens (including phenoxy) is 1. The lowest BCUT2D eigenvalue weighted by Crippen LogP contribution is -2.20. The minimum Gasteiger partial charge on any atom is -0.480 e. The van der Waals surface area contributed by atoms with Gasteiger partial charge in [0.05, 0.1) is 12.8 Å². The van der Waals surface area contributed by atoms with Crippen LogP contribution in [0.5, 0.6) is 5.88 Å². The van der Waals surface area contributed by atoms with Crippen molar-refractivity contribution in [3.63, 3.8) is 0 Å². The monoisotopic (exact) mass is 365 g/mol. The molecule has 0 radical (unpaired) electrons. The Bertz CT molecular complexity index is 1150. The molecule has 138 valence electrons. The zero-order valence-electron chi connectivity index (χ0n) is 15.0. The number of nitrogens with one attached hydrogen (secondary N) is 1. The maximum Gasteiger partial charge on any atom is 0.243 e. The second-order valence-corrected chi connectivity index (χ2v) is 6.14. The third kappa shape index (κ3) is 2.82. The molecule has 27 heavy (non-hydrogen) atoms. The van der Waals surface area contributed by atoms with Crippen LogP contribution >= 0.6 is 0 Å². The minimum absolute atomic E-state index is 0.0876. The molecule has 1 aliphatic heterocycles. The van der Waals surface area contributed by atoms with Gasteiger partial charge >= 0.3 is 0 Å². The van der Waals surface area contributed by atoms with E-state index >= 15 is 0 Å². The van der Waals surface area contributed by atoms with E-state index in [0.717, 1.165) is 22.2 Å². The third-order valence-electron chi connectivity index (χ3n) is 4.51. The Hall–Kier alpha value is -3.32. The summed E-state index contributed by atoms with van der Waals surface area (Å²) in [7, 11) is 3.00. The number of methoxy groups -OCH3 is 1. The van der Waals surface area contributed by atoms with E-state index < -0.39 is 0 Å². The van der Waals surface area contributed by atoms with Gasteiger partial charge in [0.15, 0.2) is 11.3 Å². The predicted octanol–water partition coefficient (Wildman–Crippen LogP) is 2.10. The summed E-state index contributed by atoms with van der Waals surface area (Å²) in [4.78, 5) is 25.7. The van der Waals surface area contributed by atoms with E-state index in [1.165, 1.54) is 25.0 Å². The molecule has 1 aromatic carbocycles. The van der Waals surface area contributed by atoms with E-state index in [0.29, 0.717) is 29.4 Å². The van der Waals surface area contributed by atoms with E-state index in [1.54, 1.807) is 12.1 Å². The molecule has 2 N–H and O–H groups in total. The summed E-state index contributed by atoms with van der Waals surface area (Å²) in [5.41, 5.74) is 3.43. The number of H-pyrrole nitrogens is 1. The van der Waals surface area contributed by atoms with Crippen LogP contribution < -0.4 is 15.0 Å². The van der Waals surface area contributed by atoms with Crippen molar-refractivity contribution >= 4 is 10.9 Å². The first-order valence-electron chi connectivity index (χ1n) is 8.53. The second-order valence-electron chi connectivity index (χ2n) is 6.14. The summed E-state index contributed by atoms with van der Waals surface area (Å²) in [6.07, 6.45) is 0.566. The highest BCUT2D eigenvalue weighted by Gasteiger charge is 2.22. The lowest BCUT2D eigenvalue weighted by atomic mass is 10.1. The summed E-state index contributed by atoms with van der Waals surface area (Å²) in [5.74, 6) is 0.823. The number of hydrogen-bond donors (Lipinski definition) is 2. The first-order valence-corrected chi connectivity index (χ1v) is 8.53. The molecule has 2 aliphatic rings. The molecule has 4 rings (SSSR count). The van der Waals surface area contributed by atoms with Gasteiger partial charge in [0.2, 0.25) is 5.88 Å². The van der Waals surface area contributed by atoms with Gasteiger partial charge in [0, 0.05) is 29.8 Å². The number of nitrogens with zero attached hydrogens (tertiary/aromatic N) is 2. The quantitative estimate of drug-likeness (QED) is 0.565. The summed E-state index contributed by atoms with van der Waals surface area (Å²) < 4.78 is 6.90. The number of benzene rings is 2. The van der Waals surface area contributed by atoms with Crippen LogP contribution in [0.2, 0.25) is 0 Å². The molecule has 7 heteroatoms. The fraction of sp³-hybridized carbons (Fsp3) is 0.200. The van der Waals surface area contributed by atoms with Crippen LogP contribution in [0.1, 0.15) is 5.69 Å². The van der Waals surface area contributed by atoms with Gasteiger partial charge in [-0.15, -0.1) is 4.73 Å². The minimum atomic E-state index is -0.178. The van der Waals surface area contributed by atoms with Gasteiger partial charge in [-0.1, -0.05) is 18.2 Å². The van der Waals surface area contributed by atoms with Crippen molar-refractivity contribution < 1.29 is 14.7 Å². The first-order chi connectivity index (χ1) is 13.2. The van der Waals surface area contributed by atoms with Gasteiger partial charge in [-0.3, -0.25) is 4.79 Å². The Morgan fingerprint density at radius 2 is 2.04 bits per heavy atom. The molecule has 1 aromatic heterocycles. The molecule has 0 bridgehead atoms. The van der Waals surface area contributed by atoms with E-state index in [4.69, 9.17) is 14.7 Å². The van der Waals surface area contributed by atoms with Gasteiger partial charge in [-0.2, -0.15) is 0 Å². The smallest absolute Gasteiger partial charge is 0.243 e. The SMILES string of the molecule is COc1c2c(=O)cccc-2nc(-c2ccc3cc(CCO)[nH]c3c2)n1OC. The number of aromatic nitrogens is 3. The normalized spacial score (nSPS) is 11.2. The molecule has 2 heterocycles. The molecule has 0 spiro atoms. The van der Waals surface area contributed by atoms with Crippen molar-refractivity contribution in [2.75, 3.05) is 20.8 Å². The van der Waals surface area contributed by atoms with E-state index in [1.807, 2.05) is 24.3 Å². The molecule has 0 unspecified atom stereocenters. The van der Waals surface area contributed by atoms with Crippen LogP contribution in [0.15, 0.2) is 47.3 Å². The molecule has 2 aromatic rings. The highest BCUT2D eigenvalue weighted by Crippen LogP contribution is 2.32. The predicted molar refractivity (Wildman–Crippen MR) is 102 cm³/mol. The van der Waals surface area contributed by atoms with Gasteiger partial charge in [-0.05, 0) is 29.7 Å². The van der Waals surface area contributed by atoms with E-state index in [9.17, 15) is 4.79 Å². The average Bonchev–Trinajstić information content (AvgIpc) is 3.08. The van der Waals surface area contributed by atoms with Gasteiger partial charge in [-0.25, -0.2) is 4.98 Å². The standard InChI is InChI=1S/C20H19N3O4/c1-26-20-18-15(4-3-5-17(18)25)22-19(23(20)27-2)13-7-6-12-10-14(8-9-24)21-16(12)11-13/h3-7,10-11,21,24H,8-9H2,1-2H3. The number of aliphatic hydroxyl groups excluding tert-OH is 1. The van der Waals surface area contributed by atoms with Crippen LogP contribution in [-0.2, 0) is 6.42 Å². The second kappa shape index (κ2) is 6.77. The summed E-state index contributed by atoms with van der Waals surface area (Å²) in [5, 5.41) is 10.2. The molecule has 0 atom stereocenters. The lowest BCUT2D eigenvalue weighted by molar-refractivity contribution is 0.138. The maximum atomic E-state index is 12.3. The van der Waals surface area contributed by atoms with Gasteiger partial charge < -0.3 is 19.7 Å². The topological polar surface area (TPSA) is 89.4 Å². The Labute approximate surface area is 155 Å². The van der Waals surface area contributed by atoms with Crippen LogP contribution in [0.4, 0.5) is 0 Å². The first kappa shape index (κ1) is 17.1. The van der Waals surface area contributed by atoms with Crippen molar-refractivity contribution in [1.82, 2.24) is 14.7 Å². The molecular weight excluding hydrogens is 346 g/mol. The van der Waals surface area contributed by atoms with Crippen LogP contribution in [-0.4, -0.2) is 40.6 Å². The van der Waals surface area contributed by atoms with Gasteiger partial charge in [0.25, 0.3) is 0 Å². The molecule has 7 nitrogen and oxygen atoms in total. The number of aromatic amines is 1. The van der Waals surface area contributed by atoms with E-state index in [-0.39, 0.29) is 12.0 Å². The fourth-order valence-electron chi connectivity index (χ4n) is 3.30. The zero-order valence-corrected chi connectivity index (χ0v) is 15.0. The van der Waals surface area contributed by atoms with Crippen molar-refractivity contribution in [2.24, 2.45) is 0 Å². The van der Waals surface area contributed by atoms with Crippen molar-refractivity contribution in [1.29, 1.82) is 0 Å². The van der Waals surface area contributed by atoms with Crippen molar-refractivity contribution in [3.8, 4) is 28.5 Å². The Morgan fingerprint density at radius 1 is 1.19 bits per heavy atom. The Kier molecular flexibility index (Phi) is 4.29. The lowest BCUT2D eigenvalue weighted by Gasteiger charge is -2.19. The molecular formula is C20H19N3O4. The van der Waals surface area contributed by atoms with Crippen LogP contribution in [0.25, 0.3) is 33.5 Å². The highest BCUT2D eigenvalue weighted by molar-refractivity contribution is 5.85. The summed E-state index contributed by atoms with van der Waals surface area (Å²) in [6.45, 7) is 0.0876. The van der Waals surface area contributed by atoms with E-state index in [2.05, 4.69) is 9.97 Å². The summed E-state index contributed by atoms with van der Waals surface area (Å²) >= 11 is 0. The number of hydrogen-bond acceptors (Lipinski definition) is 5. The maximum absolute atomic E-state index is 12.3. The Morgan fingerprint density at radius 3 is 2.78 bits per heavy atom. The van der Waals surface area contributed by atoms with Crippen LogP contribution in [0.3, 0.4) is 0 Å².